The molecule has 0 aliphatic rings. The molecule has 0 spiro atoms. The molecule has 0 unspecified atom stereocenters. The van der Waals surface area contributed by atoms with E-state index in [9.17, 15) is 22.7 Å². The number of aliphatic hydroxyl groups excluding tert-OH is 1. The number of rotatable bonds is 4. The zero-order valence-electron chi connectivity index (χ0n) is 14.4. The van der Waals surface area contributed by atoms with Crippen molar-refractivity contribution in [2.24, 2.45) is 0 Å². The molecule has 0 atom stereocenters. The van der Waals surface area contributed by atoms with Crippen molar-refractivity contribution in [1.82, 2.24) is 9.78 Å². The molecule has 4 rings (SSSR count). The van der Waals surface area contributed by atoms with Gasteiger partial charge in [-0.25, -0.2) is 4.39 Å². The average Bonchev–Trinajstić information content (AvgIpc) is 3.27. The number of furan rings is 1. The summed E-state index contributed by atoms with van der Waals surface area (Å²) in [5.74, 6) is -0.133. The molecular weight excluding hydrogens is 376 g/mol. The van der Waals surface area contributed by atoms with E-state index in [1.807, 2.05) is 12.1 Å². The number of benzene rings is 2. The Morgan fingerprint density at radius 2 is 1.82 bits per heavy atom. The molecule has 0 aliphatic carbocycles. The topological polar surface area (TPSA) is 51.2 Å². The fourth-order valence-electron chi connectivity index (χ4n) is 3.03. The minimum absolute atomic E-state index is 0.0436. The SMILES string of the molecule is OCc1ccc(-c2nn(Cc3ccc(C(F)(F)F)cc3F)c3ccccc23)o1. The van der Waals surface area contributed by atoms with E-state index in [4.69, 9.17) is 4.42 Å². The largest absolute Gasteiger partial charge is 0.457 e. The lowest BCUT2D eigenvalue weighted by molar-refractivity contribution is -0.137. The molecule has 4 nitrogen and oxygen atoms in total. The summed E-state index contributed by atoms with van der Waals surface area (Å²) in [6.07, 6.45) is -4.60. The van der Waals surface area contributed by atoms with Crippen molar-refractivity contribution in [3.05, 3.63) is 77.3 Å². The number of hydrogen-bond acceptors (Lipinski definition) is 3. The van der Waals surface area contributed by atoms with Crippen molar-refractivity contribution in [3.63, 3.8) is 0 Å². The summed E-state index contributed by atoms with van der Waals surface area (Å²) in [4.78, 5) is 0. The molecule has 144 valence electrons. The minimum Gasteiger partial charge on any atom is -0.457 e. The molecule has 2 aromatic heterocycles. The Bertz CT molecular complexity index is 1140. The second kappa shape index (κ2) is 6.79. The van der Waals surface area contributed by atoms with Gasteiger partial charge in [-0.15, -0.1) is 0 Å². The zero-order chi connectivity index (χ0) is 19.9. The molecule has 0 radical (unpaired) electrons. The Morgan fingerprint density at radius 3 is 2.50 bits per heavy atom. The lowest BCUT2D eigenvalue weighted by atomic mass is 10.1. The normalized spacial score (nSPS) is 12.0. The highest BCUT2D eigenvalue weighted by Crippen LogP contribution is 2.32. The van der Waals surface area contributed by atoms with Crippen LogP contribution in [0, 0.1) is 5.82 Å². The number of aromatic nitrogens is 2. The van der Waals surface area contributed by atoms with Gasteiger partial charge in [-0.3, -0.25) is 4.68 Å². The quantitative estimate of drug-likeness (QED) is 0.499. The molecule has 0 fully saturated rings. The fourth-order valence-corrected chi connectivity index (χ4v) is 3.03. The van der Waals surface area contributed by atoms with Gasteiger partial charge in [-0.2, -0.15) is 18.3 Å². The summed E-state index contributed by atoms with van der Waals surface area (Å²) in [6, 6.07) is 12.9. The van der Waals surface area contributed by atoms with E-state index in [1.54, 1.807) is 24.3 Å². The maximum absolute atomic E-state index is 14.3. The summed E-state index contributed by atoms with van der Waals surface area (Å²) in [6.45, 7) is -0.298. The molecular formula is C20H14F4N2O2. The van der Waals surface area contributed by atoms with Gasteiger partial charge in [0.1, 0.15) is 23.9 Å². The Morgan fingerprint density at radius 1 is 1.04 bits per heavy atom. The highest BCUT2D eigenvalue weighted by atomic mass is 19.4. The first-order valence-corrected chi connectivity index (χ1v) is 8.38. The van der Waals surface area contributed by atoms with Crippen LogP contribution >= 0.6 is 0 Å². The summed E-state index contributed by atoms with van der Waals surface area (Å²) >= 11 is 0. The Hall–Kier alpha value is -3.13. The van der Waals surface area contributed by atoms with Crippen LogP contribution in [0.3, 0.4) is 0 Å². The van der Waals surface area contributed by atoms with Crippen molar-refractivity contribution in [2.75, 3.05) is 0 Å². The summed E-state index contributed by atoms with van der Waals surface area (Å²) in [5.41, 5.74) is 0.233. The number of alkyl halides is 3. The number of fused-ring (bicyclic) bond motifs is 1. The number of para-hydroxylation sites is 1. The van der Waals surface area contributed by atoms with Crippen LogP contribution in [0.4, 0.5) is 17.6 Å². The zero-order valence-corrected chi connectivity index (χ0v) is 14.4. The number of hydrogen-bond donors (Lipinski definition) is 1. The summed E-state index contributed by atoms with van der Waals surface area (Å²) in [5, 5.41) is 14.4. The first kappa shape index (κ1) is 18.2. The van der Waals surface area contributed by atoms with Crippen molar-refractivity contribution in [1.29, 1.82) is 0 Å². The van der Waals surface area contributed by atoms with E-state index in [0.29, 0.717) is 28.8 Å². The second-order valence-corrected chi connectivity index (χ2v) is 6.25. The van der Waals surface area contributed by atoms with Gasteiger partial charge in [0.05, 0.1) is 17.6 Å². The number of halogens is 4. The Balaban J connectivity index is 1.76. The standard InChI is InChI=1S/C20H14F4N2O2/c21-16-9-13(20(22,23)24)6-5-12(16)10-26-17-4-2-1-3-15(17)19(25-26)18-8-7-14(11-27)28-18/h1-9,27H,10-11H2. The van der Waals surface area contributed by atoms with E-state index in [2.05, 4.69) is 5.10 Å². The van der Waals surface area contributed by atoms with Crippen LogP contribution in [0.5, 0.6) is 0 Å². The first-order chi connectivity index (χ1) is 13.4. The smallest absolute Gasteiger partial charge is 0.416 e. The molecule has 0 aliphatic heterocycles. The number of nitrogens with zero attached hydrogens (tertiary/aromatic N) is 2. The molecule has 2 heterocycles. The van der Waals surface area contributed by atoms with E-state index in [1.165, 1.54) is 4.68 Å². The Labute approximate surface area is 156 Å². The number of aliphatic hydroxyl groups is 1. The lowest BCUT2D eigenvalue weighted by Gasteiger charge is -2.10. The molecule has 28 heavy (non-hydrogen) atoms. The molecule has 0 saturated carbocycles. The molecule has 1 N–H and O–H groups in total. The van der Waals surface area contributed by atoms with E-state index in [0.717, 1.165) is 17.5 Å². The van der Waals surface area contributed by atoms with Gasteiger partial charge >= 0.3 is 6.18 Å². The van der Waals surface area contributed by atoms with Gasteiger partial charge in [-0.05, 0) is 30.3 Å². The maximum atomic E-state index is 14.3. The average molecular weight is 390 g/mol. The van der Waals surface area contributed by atoms with Crippen LogP contribution in [0.15, 0.2) is 59.0 Å². The predicted molar refractivity (Wildman–Crippen MR) is 93.9 cm³/mol. The maximum Gasteiger partial charge on any atom is 0.416 e. The minimum atomic E-state index is -4.60. The van der Waals surface area contributed by atoms with Crippen molar-refractivity contribution < 1.29 is 27.1 Å². The van der Waals surface area contributed by atoms with Crippen LogP contribution < -0.4 is 0 Å². The van der Waals surface area contributed by atoms with Crippen molar-refractivity contribution >= 4 is 10.9 Å². The predicted octanol–water partition coefficient (Wildman–Crippen LogP) is 4.99. The molecule has 0 amide bonds. The molecule has 0 bridgehead atoms. The van der Waals surface area contributed by atoms with Crippen LogP contribution in [0.25, 0.3) is 22.4 Å². The van der Waals surface area contributed by atoms with Crippen LogP contribution in [-0.2, 0) is 19.3 Å². The molecule has 8 heteroatoms. The molecule has 0 saturated heterocycles. The molecule has 2 aromatic carbocycles. The highest BCUT2D eigenvalue weighted by molar-refractivity contribution is 5.92. The van der Waals surface area contributed by atoms with E-state index < -0.39 is 17.6 Å². The third kappa shape index (κ3) is 3.27. The highest BCUT2D eigenvalue weighted by Gasteiger charge is 2.31. The third-order valence-corrected chi connectivity index (χ3v) is 4.41. The lowest BCUT2D eigenvalue weighted by Crippen LogP contribution is -2.08. The van der Waals surface area contributed by atoms with Crippen molar-refractivity contribution in [3.8, 4) is 11.5 Å². The first-order valence-electron chi connectivity index (χ1n) is 8.38. The van der Waals surface area contributed by atoms with Gasteiger partial charge in [0.25, 0.3) is 0 Å². The molecule has 4 aromatic rings. The van der Waals surface area contributed by atoms with E-state index in [-0.39, 0.29) is 18.7 Å². The van der Waals surface area contributed by atoms with Crippen LogP contribution in [0.2, 0.25) is 0 Å². The van der Waals surface area contributed by atoms with Gasteiger partial charge in [0.2, 0.25) is 0 Å². The second-order valence-electron chi connectivity index (χ2n) is 6.25. The van der Waals surface area contributed by atoms with Gasteiger partial charge < -0.3 is 9.52 Å². The summed E-state index contributed by atoms with van der Waals surface area (Å²) in [7, 11) is 0. The third-order valence-electron chi connectivity index (χ3n) is 4.41. The van der Waals surface area contributed by atoms with Gasteiger partial charge in [0, 0.05) is 10.9 Å². The fraction of sp³-hybridized carbons (Fsp3) is 0.150. The van der Waals surface area contributed by atoms with E-state index >= 15 is 0 Å². The van der Waals surface area contributed by atoms with Gasteiger partial charge in [-0.1, -0.05) is 24.3 Å². The summed E-state index contributed by atoms with van der Waals surface area (Å²) < 4.78 is 59.5. The van der Waals surface area contributed by atoms with Gasteiger partial charge in [0.15, 0.2) is 5.76 Å². The Kier molecular flexibility index (Phi) is 4.43. The van der Waals surface area contributed by atoms with Crippen molar-refractivity contribution in [2.45, 2.75) is 19.3 Å². The van der Waals surface area contributed by atoms with Crippen LogP contribution in [0.1, 0.15) is 16.9 Å². The monoisotopic (exact) mass is 390 g/mol. The van der Waals surface area contributed by atoms with Crippen LogP contribution in [-0.4, -0.2) is 14.9 Å².